The minimum atomic E-state index is -0.513. The molecular weight excluding hydrogens is 514 g/mol. The Morgan fingerprint density at radius 3 is 2.59 bits per heavy atom. The number of hydrogen-bond donors (Lipinski definition) is 1. The Bertz CT molecular complexity index is 1560. The summed E-state index contributed by atoms with van der Waals surface area (Å²) in [7, 11) is 0. The molecule has 0 bridgehead atoms. The molecule has 1 aliphatic heterocycles. The average molecular weight is 544 g/mol. The van der Waals surface area contributed by atoms with Crippen molar-refractivity contribution in [3.63, 3.8) is 0 Å². The molecule has 1 fully saturated rings. The first-order valence-corrected chi connectivity index (χ1v) is 13.3. The van der Waals surface area contributed by atoms with Crippen molar-refractivity contribution < 1.29 is 9.53 Å². The van der Waals surface area contributed by atoms with Gasteiger partial charge in [0.05, 0.1) is 17.2 Å². The van der Waals surface area contributed by atoms with Gasteiger partial charge in [0.1, 0.15) is 22.3 Å². The fraction of sp³-hybridized carbons (Fsp3) is 0.345. The van der Waals surface area contributed by atoms with Crippen LogP contribution in [0.5, 0.6) is 0 Å². The van der Waals surface area contributed by atoms with Gasteiger partial charge in [0.25, 0.3) is 0 Å². The smallest absolute Gasteiger partial charge is 0.410 e. The van der Waals surface area contributed by atoms with Crippen LogP contribution in [0.4, 0.5) is 10.6 Å². The summed E-state index contributed by atoms with van der Waals surface area (Å²) in [5.41, 5.74) is 4.63. The number of anilines is 1. The lowest BCUT2D eigenvalue weighted by molar-refractivity contribution is 0.0210. The van der Waals surface area contributed by atoms with Crippen molar-refractivity contribution in [2.45, 2.75) is 52.2 Å². The molecule has 3 aromatic heterocycles. The van der Waals surface area contributed by atoms with Crippen molar-refractivity contribution >= 4 is 29.2 Å². The number of carbonyl (C=O) groups is 1. The van der Waals surface area contributed by atoms with Crippen LogP contribution in [0.15, 0.2) is 48.7 Å². The van der Waals surface area contributed by atoms with Gasteiger partial charge in [-0.25, -0.2) is 19.3 Å². The summed E-state index contributed by atoms with van der Waals surface area (Å²) in [5, 5.41) is 18.2. The lowest BCUT2D eigenvalue weighted by atomic mass is 10.00. The molecule has 0 unspecified atom stereocenters. The Balaban J connectivity index is 1.46. The van der Waals surface area contributed by atoms with Crippen LogP contribution in [0.25, 0.3) is 28.0 Å². The van der Waals surface area contributed by atoms with E-state index in [4.69, 9.17) is 26.4 Å². The molecule has 1 N–H and O–H groups in total. The Labute approximate surface area is 232 Å². The van der Waals surface area contributed by atoms with Gasteiger partial charge in [0.15, 0.2) is 5.65 Å². The predicted molar refractivity (Wildman–Crippen MR) is 151 cm³/mol. The van der Waals surface area contributed by atoms with E-state index in [0.717, 1.165) is 35.2 Å². The number of nitrogens with one attached hydrogen (secondary N) is 1. The number of ether oxygens (including phenoxy) is 1. The predicted octanol–water partition coefficient (Wildman–Crippen LogP) is 6.10. The first kappa shape index (κ1) is 26.4. The molecule has 4 heterocycles. The number of pyridine rings is 1. The molecule has 200 valence electrons. The van der Waals surface area contributed by atoms with Crippen LogP contribution >= 0.6 is 11.6 Å². The number of rotatable bonds is 4. The Morgan fingerprint density at radius 1 is 1.13 bits per heavy atom. The number of carbonyl (C=O) groups excluding carboxylic acids is 1. The number of amides is 1. The lowest BCUT2D eigenvalue weighted by Crippen LogP contribution is -2.44. The normalized spacial score (nSPS) is 14.3. The molecule has 1 saturated heterocycles. The van der Waals surface area contributed by atoms with Crippen LogP contribution in [-0.4, -0.2) is 55.3 Å². The number of aromatic nitrogens is 4. The van der Waals surface area contributed by atoms with Crippen molar-refractivity contribution in [3.8, 4) is 28.5 Å². The first-order valence-electron chi connectivity index (χ1n) is 12.9. The van der Waals surface area contributed by atoms with Crippen LogP contribution in [0.3, 0.4) is 0 Å². The zero-order valence-electron chi connectivity index (χ0n) is 22.4. The molecule has 5 rings (SSSR count). The Morgan fingerprint density at radius 2 is 1.90 bits per heavy atom. The van der Waals surface area contributed by atoms with Crippen LogP contribution in [0, 0.1) is 18.3 Å². The van der Waals surface area contributed by atoms with E-state index in [1.165, 1.54) is 0 Å². The SMILES string of the molecule is Cc1cc(-c2c(-c3cccc(C#N)c3)nn3ccc(NC4CCN(C(=O)OC(C)(C)C)CC4)nc23)cc(Cl)n1. The average Bonchev–Trinajstić information content (AvgIpc) is 3.26. The summed E-state index contributed by atoms with van der Waals surface area (Å²) < 4.78 is 7.26. The standard InChI is InChI=1S/C29H30ClN7O2/c1-18-14-21(16-23(30)32-18)25-26(20-7-5-6-19(15-20)17-31)35-37-13-10-24(34-27(25)37)33-22-8-11-36(12-9-22)28(38)39-29(2,3)4/h5-7,10,13-16,22H,8-9,11-12H2,1-4H3,(H,33,34). The number of piperidine rings is 1. The summed E-state index contributed by atoms with van der Waals surface area (Å²) in [6, 6.07) is 15.4. The highest BCUT2D eigenvalue weighted by atomic mass is 35.5. The van der Waals surface area contributed by atoms with Gasteiger partial charge in [-0.1, -0.05) is 23.7 Å². The zero-order valence-corrected chi connectivity index (χ0v) is 23.2. The monoisotopic (exact) mass is 543 g/mol. The highest BCUT2D eigenvalue weighted by Gasteiger charge is 2.27. The molecule has 0 atom stereocenters. The molecule has 1 aliphatic rings. The van der Waals surface area contributed by atoms with Gasteiger partial charge >= 0.3 is 6.09 Å². The van der Waals surface area contributed by atoms with Gasteiger partial charge < -0.3 is 15.0 Å². The molecule has 4 aromatic rings. The quantitative estimate of drug-likeness (QED) is 0.309. The van der Waals surface area contributed by atoms with Crippen molar-refractivity contribution in [1.29, 1.82) is 5.26 Å². The van der Waals surface area contributed by atoms with E-state index in [0.29, 0.717) is 41.0 Å². The summed E-state index contributed by atoms with van der Waals surface area (Å²) in [6.07, 6.45) is 3.16. The minimum absolute atomic E-state index is 0.161. The van der Waals surface area contributed by atoms with Gasteiger partial charge in [0.2, 0.25) is 0 Å². The van der Waals surface area contributed by atoms with Crippen molar-refractivity contribution in [2.24, 2.45) is 0 Å². The number of benzene rings is 1. The van der Waals surface area contributed by atoms with E-state index < -0.39 is 5.60 Å². The number of nitrogens with zero attached hydrogens (tertiary/aromatic N) is 6. The molecule has 0 aliphatic carbocycles. The number of aryl methyl sites for hydroxylation is 1. The number of likely N-dealkylation sites (tertiary alicyclic amines) is 1. The third-order valence-electron chi connectivity index (χ3n) is 6.46. The lowest BCUT2D eigenvalue weighted by Gasteiger charge is -2.33. The topological polar surface area (TPSA) is 108 Å². The van der Waals surface area contributed by atoms with E-state index in [1.54, 1.807) is 21.5 Å². The van der Waals surface area contributed by atoms with Gasteiger partial charge in [-0.3, -0.25) is 0 Å². The minimum Gasteiger partial charge on any atom is -0.444 e. The van der Waals surface area contributed by atoms with E-state index in [2.05, 4.69) is 16.4 Å². The van der Waals surface area contributed by atoms with Gasteiger partial charge in [-0.2, -0.15) is 10.4 Å². The van der Waals surface area contributed by atoms with Gasteiger partial charge in [-0.05, 0) is 76.4 Å². The molecular formula is C29H30ClN7O2. The molecule has 0 radical (unpaired) electrons. The fourth-order valence-electron chi connectivity index (χ4n) is 4.73. The fourth-order valence-corrected chi connectivity index (χ4v) is 4.98. The van der Waals surface area contributed by atoms with E-state index in [-0.39, 0.29) is 12.1 Å². The highest BCUT2D eigenvalue weighted by Crippen LogP contribution is 2.36. The maximum Gasteiger partial charge on any atom is 0.410 e. The molecule has 9 nitrogen and oxygen atoms in total. The molecule has 1 aromatic carbocycles. The van der Waals surface area contributed by atoms with Crippen LogP contribution < -0.4 is 5.32 Å². The van der Waals surface area contributed by atoms with E-state index >= 15 is 0 Å². The third-order valence-corrected chi connectivity index (χ3v) is 6.65. The van der Waals surface area contributed by atoms with Crippen molar-refractivity contribution in [1.82, 2.24) is 24.5 Å². The number of fused-ring (bicyclic) bond motifs is 1. The maximum absolute atomic E-state index is 12.4. The summed E-state index contributed by atoms with van der Waals surface area (Å²) in [4.78, 5) is 23.5. The molecule has 1 amide bonds. The summed E-state index contributed by atoms with van der Waals surface area (Å²) >= 11 is 6.34. The van der Waals surface area contributed by atoms with Crippen molar-refractivity contribution in [3.05, 3.63) is 65.1 Å². The van der Waals surface area contributed by atoms with Gasteiger partial charge in [0, 0.05) is 36.6 Å². The number of hydrogen-bond acceptors (Lipinski definition) is 7. The van der Waals surface area contributed by atoms with Gasteiger partial charge in [-0.15, -0.1) is 0 Å². The highest BCUT2D eigenvalue weighted by molar-refractivity contribution is 6.29. The second kappa shape index (κ2) is 10.5. The van der Waals surface area contributed by atoms with Crippen LogP contribution in [0.2, 0.25) is 5.15 Å². The van der Waals surface area contributed by atoms with E-state index in [9.17, 15) is 10.1 Å². The van der Waals surface area contributed by atoms with Crippen LogP contribution in [-0.2, 0) is 4.74 Å². The number of halogens is 1. The van der Waals surface area contributed by atoms with Crippen molar-refractivity contribution in [2.75, 3.05) is 18.4 Å². The first-order chi connectivity index (χ1) is 18.6. The summed E-state index contributed by atoms with van der Waals surface area (Å²) in [5.74, 6) is 0.716. The zero-order chi connectivity index (χ0) is 27.7. The van der Waals surface area contributed by atoms with Crippen LogP contribution in [0.1, 0.15) is 44.9 Å². The molecule has 39 heavy (non-hydrogen) atoms. The Kier molecular flexibility index (Phi) is 7.15. The molecule has 0 saturated carbocycles. The maximum atomic E-state index is 12.4. The second-order valence-corrected chi connectivity index (χ2v) is 11.1. The third kappa shape index (κ3) is 5.96. The Hall–Kier alpha value is -4.16. The molecule has 10 heteroatoms. The number of nitriles is 1. The van der Waals surface area contributed by atoms with E-state index in [1.807, 2.05) is 64.2 Å². The second-order valence-electron chi connectivity index (χ2n) is 10.7. The molecule has 0 spiro atoms. The summed E-state index contributed by atoms with van der Waals surface area (Å²) in [6.45, 7) is 8.73. The largest absolute Gasteiger partial charge is 0.444 e.